The van der Waals surface area contributed by atoms with Crippen LogP contribution in [0.4, 0.5) is 0 Å². The molecule has 1 aliphatic rings. The Morgan fingerprint density at radius 1 is 1.38 bits per heavy atom. The van der Waals surface area contributed by atoms with Gasteiger partial charge in [-0.15, -0.1) is 5.54 Å². The van der Waals surface area contributed by atoms with Crippen LogP contribution in [0.25, 0.3) is 0 Å². The van der Waals surface area contributed by atoms with Crippen LogP contribution in [0.3, 0.4) is 0 Å². The van der Waals surface area contributed by atoms with Crippen molar-refractivity contribution >= 4 is 8.07 Å². The van der Waals surface area contributed by atoms with E-state index in [4.69, 9.17) is 9.84 Å². The Bertz CT molecular complexity index is 221. The zero-order valence-electron chi connectivity index (χ0n) is 8.63. The zero-order valence-corrected chi connectivity index (χ0v) is 9.63. The van der Waals surface area contributed by atoms with Crippen molar-refractivity contribution in [3.8, 4) is 11.5 Å². The lowest BCUT2D eigenvalue weighted by molar-refractivity contribution is 0.273. The Morgan fingerprint density at radius 3 is 2.62 bits per heavy atom. The number of rotatable bonds is 3. The lowest BCUT2D eigenvalue weighted by Gasteiger charge is -2.02. The van der Waals surface area contributed by atoms with Gasteiger partial charge in [0.1, 0.15) is 14.2 Å². The van der Waals surface area contributed by atoms with Crippen molar-refractivity contribution in [1.82, 2.24) is 0 Å². The standard InChI is InChI=1S/C10H18O2Si/c1-13(2,3)8-6-10-9(12-10)5-4-7-11/h9-11H,4-5,7H2,1-3H3/t9-,10-/m0/s1. The normalized spacial score (nSPS) is 26.5. The van der Waals surface area contributed by atoms with Crippen LogP contribution in [0.5, 0.6) is 0 Å². The van der Waals surface area contributed by atoms with Crippen LogP contribution in [0.15, 0.2) is 0 Å². The Kier molecular flexibility index (Phi) is 3.54. The van der Waals surface area contributed by atoms with Gasteiger partial charge in [0.15, 0.2) is 0 Å². The molecule has 0 aliphatic carbocycles. The fourth-order valence-electron chi connectivity index (χ4n) is 1.07. The van der Waals surface area contributed by atoms with Crippen molar-refractivity contribution in [2.75, 3.05) is 6.61 Å². The van der Waals surface area contributed by atoms with Gasteiger partial charge in [0.2, 0.25) is 0 Å². The Morgan fingerprint density at radius 2 is 2.08 bits per heavy atom. The maximum atomic E-state index is 8.60. The maximum absolute atomic E-state index is 8.60. The summed E-state index contributed by atoms with van der Waals surface area (Å²) in [6, 6.07) is 0. The Hall–Kier alpha value is -0.303. The summed E-state index contributed by atoms with van der Waals surface area (Å²) in [5.41, 5.74) is 3.29. The molecule has 1 aliphatic heterocycles. The molecule has 0 spiro atoms. The molecule has 1 N–H and O–H groups in total. The fourth-order valence-corrected chi connectivity index (χ4v) is 1.64. The van der Waals surface area contributed by atoms with Crippen molar-refractivity contribution in [1.29, 1.82) is 0 Å². The van der Waals surface area contributed by atoms with Crippen LogP contribution in [0.2, 0.25) is 19.6 Å². The molecule has 0 radical (unpaired) electrons. The molecule has 0 aromatic rings. The summed E-state index contributed by atoms with van der Waals surface area (Å²) in [6.45, 7) is 6.94. The topological polar surface area (TPSA) is 32.8 Å². The first-order valence-electron chi connectivity index (χ1n) is 4.82. The van der Waals surface area contributed by atoms with E-state index in [-0.39, 0.29) is 12.7 Å². The molecule has 0 aromatic carbocycles. The Labute approximate surface area is 81.3 Å². The zero-order chi connectivity index (χ0) is 9.90. The van der Waals surface area contributed by atoms with E-state index in [0.717, 1.165) is 12.8 Å². The second-order valence-corrected chi connectivity index (χ2v) is 9.23. The van der Waals surface area contributed by atoms with E-state index in [0.29, 0.717) is 6.10 Å². The smallest absolute Gasteiger partial charge is 0.144 e. The second kappa shape index (κ2) is 4.27. The van der Waals surface area contributed by atoms with Gasteiger partial charge in [-0.3, -0.25) is 0 Å². The van der Waals surface area contributed by atoms with Crippen molar-refractivity contribution in [3.05, 3.63) is 0 Å². The van der Waals surface area contributed by atoms with E-state index in [1.165, 1.54) is 0 Å². The summed E-state index contributed by atoms with van der Waals surface area (Å²) in [4.78, 5) is 0. The molecule has 0 aromatic heterocycles. The minimum atomic E-state index is -1.23. The Balaban J connectivity index is 2.23. The van der Waals surface area contributed by atoms with Crippen LogP contribution in [0, 0.1) is 11.5 Å². The number of ether oxygens (including phenoxy) is 1. The SMILES string of the molecule is C[Si](C)(C)C#C[C@@H]1O[C@H]1CCCO. The van der Waals surface area contributed by atoms with Gasteiger partial charge in [-0.1, -0.05) is 25.6 Å². The molecule has 74 valence electrons. The highest BCUT2D eigenvalue weighted by atomic mass is 28.3. The molecular formula is C10H18O2Si. The van der Waals surface area contributed by atoms with E-state index in [1.54, 1.807) is 0 Å². The lowest BCUT2D eigenvalue weighted by Crippen LogP contribution is -2.16. The van der Waals surface area contributed by atoms with Gasteiger partial charge in [-0.05, 0) is 12.8 Å². The van der Waals surface area contributed by atoms with Gasteiger partial charge in [0.25, 0.3) is 0 Å². The van der Waals surface area contributed by atoms with E-state index in [9.17, 15) is 0 Å². The van der Waals surface area contributed by atoms with Crippen LogP contribution in [0.1, 0.15) is 12.8 Å². The van der Waals surface area contributed by atoms with E-state index in [1.807, 2.05) is 0 Å². The molecule has 0 saturated carbocycles. The van der Waals surface area contributed by atoms with Gasteiger partial charge >= 0.3 is 0 Å². The molecule has 1 heterocycles. The van der Waals surface area contributed by atoms with E-state index >= 15 is 0 Å². The minimum absolute atomic E-state index is 0.165. The predicted molar refractivity (Wildman–Crippen MR) is 56.1 cm³/mol. The molecule has 1 rings (SSSR count). The summed E-state index contributed by atoms with van der Waals surface area (Å²) in [7, 11) is -1.23. The van der Waals surface area contributed by atoms with Crippen LogP contribution in [-0.2, 0) is 4.74 Å². The number of hydrogen-bond acceptors (Lipinski definition) is 2. The predicted octanol–water partition coefficient (Wildman–Crippen LogP) is 1.41. The van der Waals surface area contributed by atoms with E-state index in [2.05, 4.69) is 31.1 Å². The minimum Gasteiger partial charge on any atom is -0.396 e. The third-order valence-corrected chi connectivity index (χ3v) is 2.71. The number of aliphatic hydroxyl groups is 1. The third-order valence-electron chi connectivity index (χ3n) is 1.82. The monoisotopic (exact) mass is 198 g/mol. The summed E-state index contributed by atoms with van der Waals surface area (Å²) in [5.74, 6) is 3.16. The number of epoxide rings is 1. The average molecular weight is 198 g/mol. The molecule has 3 heteroatoms. The molecule has 13 heavy (non-hydrogen) atoms. The molecular weight excluding hydrogens is 180 g/mol. The number of aliphatic hydroxyl groups excluding tert-OH is 1. The summed E-state index contributed by atoms with van der Waals surface area (Å²) >= 11 is 0. The molecule has 1 saturated heterocycles. The first-order chi connectivity index (χ1) is 6.03. The highest BCUT2D eigenvalue weighted by molar-refractivity contribution is 6.83. The largest absolute Gasteiger partial charge is 0.396 e. The highest BCUT2D eigenvalue weighted by Gasteiger charge is 2.36. The first-order valence-corrected chi connectivity index (χ1v) is 8.32. The second-order valence-electron chi connectivity index (χ2n) is 4.48. The van der Waals surface area contributed by atoms with Crippen molar-refractivity contribution in [2.45, 2.75) is 44.7 Å². The molecule has 2 nitrogen and oxygen atoms in total. The van der Waals surface area contributed by atoms with Crippen LogP contribution < -0.4 is 0 Å². The third kappa shape index (κ3) is 4.46. The van der Waals surface area contributed by atoms with Gasteiger partial charge in [-0.2, -0.15) is 0 Å². The molecule has 2 atom stereocenters. The van der Waals surface area contributed by atoms with Gasteiger partial charge < -0.3 is 9.84 Å². The maximum Gasteiger partial charge on any atom is 0.144 e. The highest BCUT2D eigenvalue weighted by Crippen LogP contribution is 2.25. The van der Waals surface area contributed by atoms with Crippen molar-refractivity contribution in [3.63, 3.8) is 0 Å². The molecule has 0 bridgehead atoms. The average Bonchev–Trinajstić information content (AvgIpc) is 2.75. The fraction of sp³-hybridized carbons (Fsp3) is 0.800. The molecule has 1 fully saturated rings. The van der Waals surface area contributed by atoms with Crippen LogP contribution >= 0.6 is 0 Å². The van der Waals surface area contributed by atoms with Crippen molar-refractivity contribution in [2.24, 2.45) is 0 Å². The van der Waals surface area contributed by atoms with Gasteiger partial charge in [-0.25, -0.2) is 0 Å². The molecule has 0 unspecified atom stereocenters. The quantitative estimate of drug-likeness (QED) is 0.422. The van der Waals surface area contributed by atoms with E-state index < -0.39 is 8.07 Å². The summed E-state index contributed by atoms with van der Waals surface area (Å²) < 4.78 is 5.35. The lowest BCUT2D eigenvalue weighted by atomic mass is 10.2. The summed E-state index contributed by atoms with van der Waals surface area (Å²) in [5, 5.41) is 8.60. The number of hydrogen-bond donors (Lipinski definition) is 1. The van der Waals surface area contributed by atoms with Gasteiger partial charge in [0, 0.05) is 6.61 Å². The van der Waals surface area contributed by atoms with Crippen molar-refractivity contribution < 1.29 is 9.84 Å². The van der Waals surface area contributed by atoms with Crippen LogP contribution in [-0.4, -0.2) is 32.0 Å². The summed E-state index contributed by atoms with van der Waals surface area (Å²) in [6.07, 6.45) is 2.24. The van der Waals surface area contributed by atoms with Gasteiger partial charge in [0.05, 0.1) is 6.10 Å². The first kappa shape index (κ1) is 10.8. The molecule has 0 amide bonds.